The van der Waals surface area contributed by atoms with Crippen molar-refractivity contribution in [3.63, 3.8) is 0 Å². The summed E-state index contributed by atoms with van der Waals surface area (Å²) < 4.78 is 0. The number of benzene rings is 1. The molecule has 14 heavy (non-hydrogen) atoms. The lowest BCUT2D eigenvalue weighted by Crippen LogP contribution is -2.09. The van der Waals surface area contributed by atoms with Gasteiger partial charge in [-0.2, -0.15) is 0 Å². The topological polar surface area (TPSA) is 86.7 Å². The van der Waals surface area contributed by atoms with Crippen molar-refractivity contribution < 1.29 is 15.3 Å². The molecule has 0 aromatic heterocycles. The van der Waals surface area contributed by atoms with Crippen molar-refractivity contribution in [2.24, 2.45) is 5.73 Å². The molecule has 0 bridgehead atoms. The normalized spacial score (nSPS) is 12.7. The van der Waals surface area contributed by atoms with Crippen LogP contribution in [0, 0.1) is 0 Å². The monoisotopic (exact) mass is 197 g/mol. The summed E-state index contributed by atoms with van der Waals surface area (Å²) in [4.78, 5) is 0. The largest absolute Gasteiger partial charge is 0.504 e. The van der Waals surface area contributed by atoms with E-state index in [1.54, 1.807) is 0 Å². The van der Waals surface area contributed by atoms with Crippen molar-refractivity contribution in [3.8, 4) is 17.2 Å². The first-order chi connectivity index (χ1) is 6.57. The van der Waals surface area contributed by atoms with Gasteiger partial charge in [-0.05, 0) is 18.6 Å². The molecule has 78 valence electrons. The van der Waals surface area contributed by atoms with E-state index in [-0.39, 0.29) is 17.5 Å². The molecule has 1 aromatic rings. The van der Waals surface area contributed by atoms with E-state index in [0.717, 1.165) is 12.8 Å². The fourth-order valence-electron chi connectivity index (χ4n) is 1.35. The van der Waals surface area contributed by atoms with Crippen molar-refractivity contribution in [1.82, 2.24) is 0 Å². The maximum absolute atomic E-state index is 9.49. The van der Waals surface area contributed by atoms with Gasteiger partial charge in [0.25, 0.3) is 0 Å². The van der Waals surface area contributed by atoms with Crippen LogP contribution in [-0.2, 0) is 0 Å². The maximum atomic E-state index is 9.49. The minimum atomic E-state index is -0.506. The molecule has 1 rings (SSSR count). The van der Waals surface area contributed by atoms with Crippen LogP contribution in [0.15, 0.2) is 12.1 Å². The lowest BCUT2D eigenvalue weighted by molar-refractivity contribution is 0.362. The van der Waals surface area contributed by atoms with E-state index < -0.39 is 5.75 Å². The Balaban J connectivity index is 3.04. The van der Waals surface area contributed by atoms with Crippen LogP contribution in [0.4, 0.5) is 0 Å². The third-order valence-electron chi connectivity index (χ3n) is 2.16. The van der Waals surface area contributed by atoms with Crippen LogP contribution in [0.2, 0.25) is 0 Å². The van der Waals surface area contributed by atoms with Crippen molar-refractivity contribution in [2.75, 3.05) is 0 Å². The van der Waals surface area contributed by atoms with E-state index >= 15 is 0 Å². The molecular weight excluding hydrogens is 182 g/mol. The molecule has 0 radical (unpaired) electrons. The summed E-state index contributed by atoms with van der Waals surface area (Å²) >= 11 is 0. The summed E-state index contributed by atoms with van der Waals surface area (Å²) in [6, 6.07) is 2.52. The molecule has 5 N–H and O–H groups in total. The zero-order valence-electron chi connectivity index (χ0n) is 8.07. The van der Waals surface area contributed by atoms with Crippen LogP contribution in [0.3, 0.4) is 0 Å². The Morgan fingerprint density at radius 3 is 2.43 bits per heavy atom. The summed E-state index contributed by atoms with van der Waals surface area (Å²) in [5, 5.41) is 27.8. The van der Waals surface area contributed by atoms with Gasteiger partial charge in [0.05, 0.1) is 0 Å². The molecule has 0 amide bonds. The van der Waals surface area contributed by atoms with E-state index in [0.29, 0.717) is 5.56 Å². The summed E-state index contributed by atoms with van der Waals surface area (Å²) in [6.07, 6.45) is 1.61. The quantitative estimate of drug-likeness (QED) is 0.554. The first-order valence-corrected chi connectivity index (χ1v) is 4.57. The van der Waals surface area contributed by atoms with E-state index in [1.807, 2.05) is 6.92 Å². The molecule has 0 unspecified atom stereocenters. The molecule has 0 aliphatic rings. The summed E-state index contributed by atoms with van der Waals surface area (Å²) in [7, 11) is 0. The molecular formula is C10H15NO3. The molecule has 0 aliphatic carbocycles. The van der Waals surface area contributed by atoms with Crippen LogP contribution in [0.5, 0.6) is 17.2 Å². The van der Waals surface area contributed by atoms with Crippen molar-refractivity contribution in [2.45, 2.75) is 25.8 Å². The Labute approximate surface area is 82.6 Å². The number of phenolic OH excluding ortho intramolecular Hbond substituents is 3. The van der Waals surface area contributed by atoms with Crippen LogP contribution < -0.4 is 5.73 Å². The number of aromatic hydroxyl groups is 3. The van der Waals surface area contributed by atoms with Crippen molar-refractivity contribution in [3.05, 3.63) is 17.7 Å². The predicted octanol–water partition coefficient (Wildman–Crippen LogP) is 1.60. The number of hydrogen-bond acceptors (Lipinski definition) is 4. The Bertz CT molecular complexity index is 325. The second-order valence-corrected chi connectivity index (χ2v) is 3.27. The van der Waals surface area contributed by atoms with Gasteiger partial charge in [0.2, 0.25) is 5.75 Å². The Hall–Kier alpha value is -1.42. The highest BCUT2D eigenvalue weighted by Gasteiger charge is 2.15. The molecule has 0 heterocycles. The smallest absolute Gasteiger partial charge is 0.200 e. The van der Waals surface area contributed by atoms with Gasteiger partial charge in [-0.15, -0.1) is 0 Å². The molecule has 1 aromatic carbocycles. The predicted molar refractivity (Wildman–Crippen MR) is 53.3 cm³/mol. The van der Waals surface area contributed by atoms with Crippen LogP contribution in [-0.4, -0.2) is 15.3 Å². The van der Waals surface area contributed by atoms with Crippen LogP contribution >= 0.6 is 0 Å². The second kappa shape index (κ2) is 4.19. The van der Waals surface area contributed by atoms with Gasteiger partial charge in [-0.3, -0.25) is 0 Å². The van der Waals surface area contributed by atoms with Crippen molar-refractivity contribution in [1.29, 1.82) is 0 Å². The highest BCUT2D eigenvalue weighted by molar-refractivity contribution is 5.53. The lowest BCUT2D eigenvalue weighted by Gasteiger charge is -2.13. The maximum Gasteiger partial charge on any atom is 0.200 e. The van der Waals surface area contributed by atoms with Gasteiger partial charge >= 0.3 is 0 Å². The van der Waals surface area contributed by atoms with Crippen molar-refractivity contribution >= 4 is 0 Å². The average Bonchev–Trinajstić information content (AvgIpc) is 2.15. The summed E-state index contributed by atoms with van der Waals surface area (Å²) in [5.41, 5.74) is 6.23. The average molecular weight is 197 g/mol. The molecule has 0 fully saturated rings. The van der Waals surface area contributed by atoms with Crippen LogP contribution in [0.25, 0.3) is 0 Å². The third-order valence-corrected chi connectivity index (χ3v) is 2.16. The number of nitrogens with two attached hydrogens (primary N) is 1. The highest BCUT2D eigenvalue weighted by atomic mass is 16.3. The van der Waals surface area contributed by atoms with Gasteiger partial charge in [-0.1, -0.05) is 13.3 Å². The summed E-state index contributed by atoms with van der Waals surface area (Å²) in [5.74, 6) is -1.17. The number of phenols is 3. The molecule has 1 atom stereocenters. The van der Waals surface area contributed by atoms with Gasteiger partial charge in [-0.25, -0.2) is 0 Å². The molecule has 4 heteroatoms. The number of rotatable bonds is 3. The molecule has 4 nitrogen and oxygen atoms in total. The first kappa shape index (κ1) is 10.7. The second-order valence-electron chi connectivity index (χ2n) is 3.27. The fraction of sp³-hybridized carbons (Fsp3) is 0.400. The molecule has 0 saturated heterocycles. The van der Waals surface area contributed by atoms with E-state index in [1.165, 1.54) is 12.1 Å². The Morgan fingerprint density at radius 2 is 1.86 bits per heavy atom. The zero-order valence-corrected chi connectivity index (χ0v) is 8.07. The Kier molecular flexibility index (Phi) is 3.19. The molecule has 0 saturated carbocycles. The highest BCUT2D eigenvalue weighted by Crippen LogP contribution is 2.39. The summed E-state index contributed by atoms with van der Waals surface area (Å²) in [6.45, 7) is 1.98. The Morgan fingerprint density at radius 1 is 1.21 bits per heavy atom. The van der Waals surface area contributed by atoms with Gasteiger partial charge in [0, 0.05) is 11.6 Å². The van der Waals surface area contributed by atoms with Gasteiger partial charge in [0.1, 0.15) is 0 Å². The van der Waals surface area contributed by atoms with E-state index in [9.17, 15) is 10.2 Å². The minimum absolute atomic E-state index is 0.313. The fourth-order valence-corrected chi connectivity index (χ4v) is 1.35. The SMILES string of the molecule is CCC[C@H](N)c1ccc(O)c(O)c1O. The minimum Gasteiger partial charge on any atom is -0.504 e. The zero-order chi connectivity index (χ0) is 10.7. The third kappa shape index (κ3) is 1.90. The lowest BCUT2D eigenvalue weighted by atomic mass is 10.0. The number of hydrogen-bond donors (Lipinski definition) is 4. The van der Waals surface area contributed by atoms with Crippen LogP contribution in [0.1, 0.15) is 31.4 Å². The van der Waals surface area contributed by atoms with Gasteiger partial charge in [0.15, 0.2) is 11.5 Å². The molecule has 0 spiro atoms. The van der Waals surface area contributed by atoms with E-state index in [2.05, 4.69) is 0 Å². The van der Waals surface area contributed by atoms with E-state index in [4.69, 9.17) is 10.8 Å². The standard InChI is InChI=1S/C10H15NO3/c1-2-3-7(11)6-4-5-8(12)10(14)9(6)13/h4-5,7,12-14H,2-3,11H2,1H3/t7-/m0/s1. The first-order valence-electron chi connectivity index (χ1n) is 4.57. The van der Waals surface area contributed by atoms with Gasteiger partial charge < -0.3 is 21.1 Å². The molecule has 0 aliphatic heterocycles.